The maximum atomic E-state index is 11.9. The molecular formula is C15H18N4O2. The SMILES string of the molecule is Cc1nonc1C(=O)NCCN1CCc2ccccc2C1. The molecule has 110 valence electrons. The lowest BCUT2D eigenvalue weighted by atomic mass is 10.00. The molecule has 1 aromatic heterocycles. The molecule has 3 rings (SSSR count). The minimum absolute atomic E-state index is 0.230. The van der Waals surface area contributed by atoms with Crippen LogP contribution in [0.25, 0.3) is 0 Å². The van der Waals surface area contributed by atoms with E-state index in [2.05, 4.69) is 49.4 Å². The second-order valence-corrected chi connectivity index (χ2v) is 5.25. The van der Waals surface area contributed by atoms with Crippen molar-refractivity contribution in [3.63, 3.8) is 0 Å². The van der Waals surface area contributed by atoms with Gasteiger partial charge in [-0.15, -0.1) is 0 Å². The monoisotopic (exact) mass is 286 g/mol. The number of benzene rings is 1. The zero-order valence-electron chi connectivity index (χ0n) is 12.0. The molecule has 0 bridgehead atoms. The largest absolute Gasteiger partial charge is 0.349 e. The molecule has 0 spiro atoms. The highest BCUT2D eigenvalue weighted by Gasteiger charge is 2.17. The van der Waals surface area contributed by atoms with E-state index >= 15 is 0 Å². The third-order valence-electron chi connectivity index (χ3n) is 3.79. The Kier molecular flexibility index (Phi) is 3.96. The molecule has 21 heavy (non-hydrogen) atoms. The van der Waals surface area contributed by atoms with Crippen LogP contribution in [-0.2, 0) is 13.0 Å². The van der Waals surface area contributed by atoms with Crippen LogP contribution in [0.1, 0.15) is 27.3 Å². The van der Waals surface area contributed by atoms with E-state index in [1.807, 2.05) is 0 Å². The van der Waals surface area contributed by atoms with Crippen molar-refractivity contribution in [1.29, 1.82) is 0 Å². The standard InChI is InChI=1S/C15H18N4O2/c1-11-14(18-21-17-11)15(20)16-7-9-19-8-6-12-4-2-3-5-13(12)10-19/h2-5H,6-10H2,1H3,(H,16,20). The van der Waals surface area contributed by atoms with Crippen LogP contribution >= 0.6 is 0 Å². The molecule has 0 fully saturated rings. The van der Waals surface area contributed by atoms with E-state index in [1.54, 1.807) is 6.92 Å². The van der Waals surface area contributed by atoms with Crippen molar-refractivity contribution in [2.24, 2.45) is 0 Å². The van der Waals surface area contributed by atoms with Gasteiger partial charge in [0.25, 0.3) is 5.91 Å². The van der Waals surface area contributed by atoms with Gasteiger partial charge in [0.05, 0.1) is 0 Å². The number of fused-ring (bicyclic) bond motifs is 1. The van der Waals surface area contributed by atoms with Crippen LogP contribution in [0, 0.1) is 6.92 Å². The minimum Gasteiger partial charge on any atom is -0.349 e. The van der Waals surface area contributed by atoms with Crippen LogP contribution in [0.2, 0.25) is 0 Å². The molecule has 1 aliphatic heterocycles. The van der Waals surface area contributed by atoms with Crippen LogP contribution in [-0.4, -0.2) is 40.8 Å². The highest BCUT2D eigenvalue weighted by molar-refractivity contribution is 5.92. The first-order valence-corrected chi connectivity index (χ1v) is 7.10. The van der Waals surface area contributed by atoms with E-state index in [9.17, 15) is 4.79 Å². The predicted molar refractivity (Wildman–Crippen MR) is 76.8 cm³/mol. The number of rotatable bonds is 4. The molecule has 0 radical (unpaired) electrons. The summed E-state index contributed by atoms with van der Waals surface area (Å²) in [6.45, 7) is 5.08. The molecule has 0 unspecified atom stereocenters. The fraction of sp³-hybridized carbons (Fsp3) is 0.400. The Morgan fingerprint density at radius 1 is 1.33 bits per heavy atom. The number of aromatic nitrogens is 2. The summed E-state index contributed by atoms with van der Waals surface area (Å²) in [6.07, 6.45) is 1.07. The highest BCUT2D eigenvalue weighted by Crippen LogP contribution is 2.17. The summed E-state index contributed by atoms with van der Waals surface area (Å²) >= 11 is 0. The Balaban J connectivity index is 1.49. The number of nitrogens with one attached hydrogen (secondary N) is 1. The third kappa shape index (κ3) is 3.11. The molecule has 1 N–H and O–H groups in total. The van der Waals surface area contributed by atoms with Crippen LogP contribution in [0.4, 0.5) is 0 Å². The Morgan fingerprint density at radius 2 is 2.14 bits per heavy atom. The molecular weight excluding hydrogens is 268 g/mol. The minimum atomic E-state index is -0.230. The first-order chi connectivity index (χ1) is 10.2. The van der Waals surface area contributed by atoms with Crippen molar-refractivity contribution in [2.75, 3.05) is 19.6 Å². The summed E-state index contributed by atoms with van der Waals surface area (Å²) in [5, 5.41) is 10.1. The third-order valence-corrected chi connectivity index (χ3v) is 3.79. The fourth-order valence-electron chi connectivity index (χ4n) is 2.59. The second-order valence-electron chi connectivity index (χ2n) is 5.25. The second kappa shape index (κ2) is 6.05. The normalized spacial score (nSPS) is 14.7. The molecule has 0 atom stereocenters. The van der Waals surface area contributed by atoms with Crippen molar-refractivity contribution in [3.05, 3.63) is 46.8 Å². The smallest absolute Gasteiger partial charge is 0.275 e. The van der Waals surface area contributed by atoms with Gasteiger partial charge >= 0.3 is 0 Å². The first kappa shape index (κ1) is 13.8. The lowest BCUT2D eigenvalue weighted by molar-refractivity contribution is 0.0937. The molecule has 6 nitrogen and oxygen atoms in total. The maximum absolute atomic E-state index is 11.9. The van der Waals surface area contributed by atoms with Gasteiger partial charge in [-0.25, -0.2) is 4.63 Å². The van der Waals surface area contributed by atoms with Gasteiger partial charge in [-0.3, -0.25) is 9.69 Å². The van der Waals surface area contributed by atoms with Gasteiger partial charge < -0.3 is 5.32 Å². The Morgan fingerprint density at radius 3 is 2.90 bits per heavy atom. The van der Waals surface area contributed by atoms with Crippen LogP contribution in [0.15, 0.2) is 28.9 Å². The maximum Gasteiger partial charge on any atom is 0.275 e. The van der Waals surface area contributed by atoms with Crippen molar-refractivity contribution >= 4 is 5.91 Å². The molecule has 2 heterocycles. The Labute approximate surface area is 123 Å². The van der Waals surface area contributed by atoms with Gasteiger partial charge in [-0.05, 0) is 29.6 Å². The van der Waals surface area contributed by atoms with E-state index in [-0.39, 0.29) is 11.6 Å². The van der Waals surface area contributed by atoms with E-state index in [0.29, 0.717) is 12.2 Å². The summed E-state index contributed by atoms with van der Waals surface area (Å²) in [6, 6.07) is 8.52. The van der Waals surface area contributed by atoms with Crippen LogP contribution < -0.4 is 5.32 Å². The number of carbonyl (C=O) groups is 1. The molecule has 1 aliphatic rings. The molecule has 0 saturated heterocycles. The molecule has 1 amide bonds. The van der Waals surface area contributed by atoms with E-state index in [0.717, 1.165) is 26.1 Å². The van der Waals surface area contributed by atoms with Gasteiger partial charge in [0, 0.05) is 26.2 Å². The van der Waals surface area contributed by atoms with Crippen LogP contribution in [0.5, 0.6) is 0 Å². The topological polar surface area (TPSA) is 71.3 Å². The zero-order valence-corrected chi connectivity index (χ0v) is 12.0. The molecule has 0 aliphatic carbocycles. The van der Waals surface area contributed by atoms with Gasteiger partial charge in [0.1, 0.15) is 5.69 Å². The van der Waals surface area contributed by atoms with Crippen LogP contribution in [0.3, 0.4) is 0 Å². The Hall–Kier alpha value is -2.21. The van der Waals surface area contributed by atoms with Gasteiger partial charge in [0.15, 0.2) is 5.69 Å². The average molecular weight is 286 g/mol. The van der Waals surface area contributed by atoms with Crippen molar-refractivity contribution in [3.8, 4) is 0 Å². The van der Waals surface area contributed by atoms with Gasteiger partial charge in [-0.2, -0.15) is 0 Å². The number of hydrogen-bond donors (Lipinski definition) is 1. The number of hydrogen-bond acceptors (Lipinski definition) is 5. The van der Waals surface area contributed by atoms with Gasteiger partial charge in [-0.1, -0.05) is 29.4 Å². The van der Waals surface area contributed by atoms with Crippen molar-refractivity contribution < 1.29 is 9.42 Å². The lowest BCUT2D eigenvalue weighted by Crippen LogP contribution is -2.38. The summed E-state index contributed by atoms with van der Waals surface area (Å²) in [4.78, 5) is 14.2. The van der Waals surface area contributed by atoms with Crippen molar-refractivity contribution in [1.82, 2.24) is 20.5 Å². The van der Waals surface area contributed by atoms with E-state index in [1.165, 1.54) is 11.1 Å². The molecule has 6 heteroatoms. The average Bonchev–Trinajstić information content (AvgIpc) is 2.93. The summed E-state index contributed by atoms with van der Waals surface area (Å²) in [5.41, 5.74) is 3.59. The van der Waals surface area contributed by atoms with Crippen molar-refractivity contribution in [2.45, 2.75) is 19.9 Å². The predicted octanol–water partition coefficient (Wildman–Crippen LogP) is 1.17. The zero-order chi connectivity index (χ0) is 14.7. The number of aryl methyl sites for hydroxylation is 1. The first-order valence-electron chi connectivity index (χ1n) is 7.10. The summed E-state index contributed by atoms with van der Waals surface area (Å²) < 4.78 is 4.53. The van der Waals surface area contributed by atoms with Gasteiger partial charge in [0.2, 0.25) is 0 Å². The quantitative estimate of drug-likeness (QED) is 0.913. The molecule has 1 aromatic carbocycles. The summed E-state index contributed by atoms with van der Waals surface area (Å²) in [7, 11) is 0. The number of amides is 1. The van der Waals surface area contributed by atoms with E-state index < -0.39 is 0 Å². The lowest BCUT2D eigenvalue weighted by Gasteiger charge is -2.28. The van der Waals surface area contributed by atoms with E-state index in [4.69, 9.17) is 0 Å². The molecule has 2 aromatic rings. The Bertz CT molecular complexity index is 638. The number of carbonyl (C=O) groups excluding carboxylic acids is 1. The molecule has 0 saturated carbocycles. The fourth-order valence-corrected chi connectivity index (χ4v) is 2.59. The summed E-state index contributed by atoms with van der Waals surface area (Å²) in [5.74, 6) is -0.230. The number of nitrogens with zero attached hydrogens (tertiary/aromatic N) is 3. The highest BCUT2D eigenvalue weighted by atomic mass is 16.6.